The lowest BCUT2D eigenvalue weighted by Gasteiger charge is -2.04. The van der Waals surface area contributed by atoms with E-state index in [0.29, 0.717) is 0 Å². The minimum absolute atomic E-state index is 0.798. The molecule has 0 bridgehead atoms. The molecule has 1 atom stereocenters. The Kier molecular flexibility index (Phi) is 2.80. The molecule has 1 fully saturated rings. The van der Waals surface area contributed by atoms with E-state index in [9.17, 15) is 0 Å². The minimum atomic E-state index is 0.798. The molecule has 1 aliphatic rings. The number of aryl methyl sites for hydroxylation is 1. The molecular formula is C11H14N4S. The fourth-order valence-electron chi connectivity index (χ4n) is 2.11. The van der Waals surface area contributed by atoms with Crippen molar-refractivity contribution < 1.29 is 0 Å². The SMILES string of the molecule is c1cnc2sc(CCC3CCNC3)nc2n1. The third kappa shape index (κ3) is 2.05. The van der Waals surface area contributed by atoms with Crippen LogP contribution in [0.2, 0.25) is 0 Å². The van der Waals surface area contributed by atoms with Crippen LogP contribution < -0.4 is 5.32 Å². The number of nitrogens with zero attached hydrogens (tertiary/aromatic N) is 3. The van der Waals surface area contributed by atoms with Crippen LogP contribution in [0.15, 0.2) is 12.4 Å². The molecule has 2 aromatic rings. The molecule has 2 aromatic heterocycles. The van der Waals surface area contributed by atoms with Crippen molar-refractivity contribution in [1.82, 2.24) is 20.3 Å². The molecule has 3 heterocycles. The molecule has 4 nitrogen and oxygen atoms in total. The van der Waals surface area contributed by atoms with E-state index in [4.69, 9.17) is 0 Å². The van der Waals surface area contributed by atoms with Crippen LogP contribution in [-0.4, -0.2) is 28.0 Å². The zero-order chi connectivity index (χ0) is 10.8. The highest BCUT2D eigenvalue weighted by molar-refractivity contribution is 7.18. The van der Waals surface area contributed by atoms with Crippen LogP contribution in [0.1, 0.15) is 17.8 Å². The highest BCUT2D eigenvalue weighted by atomic mass is 32.1. The van der Waals surface area contributed by atoms with E-state index in [-0.39, 0.29) is 0 Å². The Morgan fingerprint density at radius 2 is 2.31 bits per heavy atom. The number of hydrogen-bond donors (Lipinski definition) is 1. The highest BCUT2D eigenvalue weighted by Gasteiger charge is 2.15. The molecule has 84 valence electrons. The smallest absolute Gasteiger partial charge is 0.189 e. The maximum absolute atomic E-state index is 4.50. The summed E-state index contributed by atoms with van der Waals surface area (Å²) < 4.78 is 0. The van der Waals surface area contributed by atoms with E-state index < -0.39 is 0 Å². The van der Waals surface area contributed by atoms with Gasteiger partial charge in [0.1, 0.15) is 0 Å². The predicted molar refractivity (Wildman–Crippen MR) is 64.5 cm³/mol. The van der Waals surface area contributed by atoms with Gasteiger partial charge in [0.25, 0.3) is 0 Å². The summed E-state index contributed by atoms with van der Waals surface area (Å²) in [4.78, 5) is 13.9. The fourth-order valence-corrected chi connectivity index (χ4v) is 2.99. The third-order valence-electron chi connectivity index (χ3n) is 3.02. The summed E-state index contributed by atoms with van der Waals surface area (Å²) in [6.07, 6.45) is 7.03. The van der Waals surface area contributed by atoms with Gasteiger partial charge in [0.15, 0.2) is 10.5 Å². The first-order chi connectivity index (χ1) is 7.92. The van der Waals surface area contributed by atoms with E-state index >= 15 is 0 Å². The Balaban J connectivity index is 1.69. The Morgan fingerprint density at radius 1 is 1.38 bits per heavy atom. The van der Waals surface area contributed by atoms with E-state index in [1.807, 2.05) is 0 Å². The van der Waals surface area contributed by atoms with E-state index in [1.54, 1.807) is 23.7 Å². The summed E-state index contributed by atoms with van der Waals surface area (Å²) in [5.41, 5.74) is 0.798. The van der Waals surface area contributed by atoms with Crippen molar-refractivity contribution in [2.45, 2.75) is 19.3 Å². The standard InChI is InChI=1S/C11H14N4S/c1(8-3-4-12-7-8)2-9-15-10-11(16-9)14-6-5-13-10/h5-6,8,12H,1-4,7H2. The van der Waals surface area contributed by atoms with E-state index in [1.165, 1.54) is 30.9 Å². The van der Waals surface area contributed by atoms with Gasteiger partial charge in [-0.25, -0.2) is 15.0 Å². The summed E-state index contributed by atoms with van der Waals surface area (Å²) in [7, 11) is 0. The molecule has 0 aromatic carbocycles. The van der Waals surface area contributed by atoms with Crippen LogP contribution in [0.25, 0.3) is 10.5 Å². The second-order valence-corrected chi connectivity index (χ2v) is 5.25. The normalized spacial score (nSPS) is 20.6. The van der Waals surface area contributed by atoms with Crippen LogP contribution in [0.5, 0.6) is 0 Å². The molecule has 0 spiro atoms. The fraction of sp³-hybridized carbons (Fsp3) is 0.545. The number of hydrogen-bond acceptors (Lipinski definition) is 5. The lowest BCUT2D eigenvalue weighted by molar-refractivity contribution is 0.532. The lowest BCUT2D eigenvalue weighted by Crippen LogP contribution is -2.09. The molecule has 5 heteroatoms. The van der Waals surface area contributed by atoms with Gasteiger partial charge in [-0.1, -0.05) is 11.3 Å². The van der Waals surface area contributed by atoms with Crippen molar-refractivity contribution in [3.63, 3.8) is 0 Å². The van der Waals surface area contributed by atoms with E-state index in [2.05, 4.69) is 20.3 Å². The predicted octanol–water partition coefficient (Wildman–Crippen LogP) is 1.63. The number of fused-ring (bicyclic) bond motifs is 1. The van der Waals surface area contributed by atoms with Crippen LogP contribution in [-0.2, 0) is 6.42 Å². The van der Waals surface area contributed by atoms with Gasteiger partial charge in [-0.15, -0.1) is 0 Å². The van der Waals surface area contributed by atoms with Gasteiger partial charge in [0.05, 0.1) is 5.01 Å². The second-order valence-electron chi connectivity index (χ2n) is 4.19. The highest BCUT2D eigenvalue weighted by Crippen LogP contribution is 2.21. The first-order valence-corrected chi connectivity index (χ1v) is 6.50. The van der Waals surface area contributed by atoms with Crippen molar-refractivity contribution in [2.75, 3.05) is 13.1 Å². The maximum Gasteiger partial charge on any atom is 0.189 e. The van der Waals surface area contributed by atoms with Gasteiger partial charge in [0.2, 0.25) is 0 Å². The van der Waals surface area contributed by atoms with Crippen molar-refractivity contribution in [2.24, 2.45) is 5.92 Å². The summed E-state index contributed by atoms with van der Waals surface area (Å²) >= 11 is 1.68. The molecule has 0 radical (unpaired) electrons. The molecule has 1 N–H and O–H groups in total. The lowest BCUT2D eigenvalue weighted by atomic mass is 10.0. The number of thiazole rings is 1. The summed E-state index contributed by atoms with van der Waals surface area (Å²) in [5, 5.41) is 4.57. The van der Waals surface area contributed by atoms with Crippen molar-refractivity contribution >= 4 is 21.8 Å². The van der Waals surface area contributed by atoms with Crippen molar-refractivity contribution in [3.05, 3.63) is 17.4 Å². The van der Waals surface area contributed by atoms with Crippen LogP contribution in [0.4, 0.5) is 0 Å². The molecule has 1 aliphatic heterocycles. The Labute approximate surface area is 98.1 Å². The van der Waals surface area contributed by atoms with Gasteiger partial charge < -0.3 is 5.32 Å². The average molecular weight is 234 g/mol. The van der Waals surface area contributed by atoms with Crippen LogP contribution >= 0.6 is 11.3 Å². The summed E-state index contributed by atoms with van der Waals surface area (Å²) in [6, 6.07) is 0. The van der Waals surface area contributed by atoms with Crippen LogP contribution in [0.3, 0.4) is 0 Å². The minimum Gasteiger partial charge on any atom is -0.316 e. The molecular weight excluding hydrogens is 220 g/mol. The van der Waals surface area contributed by atoms with Gasteiger partial charge >= 0.3 is 0 Å². The number of rotatable bonds is 3. The van der Waals surface area contributed by atoms with Gasteiger partial charge in [-0.05, 0) is 38.3 Å². The Bertz CT molecular complexity index is 443. The first-order valence-electron chi connectivity index (χ1n) is 5.69. The summed E-state index contributed by atoms with van der Waals surface area (Å²) in [6.45, 7) is 2.34. The zero-order valence-corrected chi connectivity index (χ0v) is 9.83. The topological polar surface area (TPSA) is 50.7 Å². The average Bonchev–Trinajstić information content (AvgIpc) is 2.95. The molecule has 1 saturated heterocycles. The Morgan fingerprint density at radius 3 is 3.12 bits per heavy atom. The molecule has 0 amide bonds. The number of aromatic nitrogens is 3. The van der Waals surface area contributed by atoms with Crippen molar-refractivity contribution in [1.29, 1.82) is 0 Å². The summed E-state index contributed by atoms with van der Waals surface area (Å²) in [5.74, 6) is 0.827. The largest absolute Gasteiger partial charge is 0.316 e. The van der Waals surface area contributed by atoms with Gasteiger partial charge in [-0.3, -0.25) is 0 Å². The molecule has 0 saturated carbocycles. The zero-order valence-electron chi connectivity index (χ0n) is 9.02. The quantitative estimate of drug-likeness (QED) is 0.877. The molecule has 3 rings (SSSR count). The molecule has 0 aliphatic carbocycles. The van der Waals surface area contributed by atoms with Crippen LogP contribution in [0, 0.1) is 5.92 Å². The maximum atomic E-state index is 4.50. The van der Waals surface area contributed by atoms with E-state index in [0.717, 1.165) is 22.8 Å². The molecule has 16 heavy (non-hydrogen) atoms. The molecule has 1 unspecified atom stereocenters. The number of nitrogens with one attached hydrogen (secondary N) is 1. The second kappa shape index (κ2) is 4.43. The van der Waals surface area contributed by atoms with Crippen molar-refractivity contribution in [3.8, 4) is 0 Å². The first kappa shape index (κ1) is 10.1. The van der Waals surface area contributed by atoms with Gasteiger partial charge in [-0.2, -0.15) is 0 Å². The van der Waals surface area contributed by atoms with Gasteiger partial charge in [0, 0.05) is 12.4 Å². The Hall–Kier alpha value is -1.07. The monoisotopic (exact) mass is 234 g/mol. The third-order valence-corrected chi connectivity index (χ3v) is 4.03.